The monoisotopic (exact) mass is 372 g/mol. The van der Waals surface area contributed by atoms with Gasteiger partial charge in [0, 0.05) is 43.2 Å². The van der Waals surface area contributed by atoms with Crippen LogP contribution in [-0.2, 0) is 11.3 Å². The number of likely N-dealkylation sites (tertiary alicyclic amines) is 2. The summed E-state index contributed by atoms with van der Waals surface area (Å²) >= 11 is 0. The normalized spacial score (nSPS) is 22.7. The third-order valence-electron chi connectivity index (χ3n) is 5.78. The molecule has 0 aliphatic carbocycles. The Labute approximate surface area is 162 Å². The molecule has 5 heteroatoms. The highest BCUT2D eigenvalue weighted by molar-refractivity contribution is 5.88. The van der Waals surface area contributed by atoms with Crippen molar-refractivity contribution in [2.24, 2.45) is 5.41 Å². The lowest BCUT2D eigenvalue weighted by molar-refractivity contribution is -0.125. The Kier molecular flexibility index (Phi) is 6.10. The number of benzene rings is 1. The number of para-hydroxylation sites is 1. The molecule has 0 bridgehead atoms. The Hall–Kier alpha value is -2.01. The third-order valence-corrected chi connectivity index (χ3v) is 5.78. The van der Waals surface area contributed by atoms with Crippen molar-refractivity contribution in [2.45, 2.75) is 39.7 Å². The van der Waals surface area contributed by atoms with Crippen LogP contribution in [0, 0.1) is 5.41 Å². The molecule has 1 aromatic carbocycles. The fraction of sp³-hybridized carbons (Fsp3) is 0.591. The lowest BCUT2D eigenvalue weighted by Crippen LogP contribution is -2.44. The van der Waals surface area contributed by atoms with Crippen LogP contribution in [0.1, 0.15) is 38.7 Å². The molecule has 2 heterocycles. The highest BCUT2D eigenvalue weighted by atomic mass is 16.5. The number of ether oxygens (including phenoxy) is 2. The molecular weight excluding hydrogens is 340 g/mol. The summed E-state index contributed by atoms with van der Waals surface area (Å²) in [6.07, 6.45) is 5.25. The van der Waals surface area contributed by atoms with Gasteiger partial charge in [-0.05, 0) is 45.7 Å². The van der Waals surface area contributed by atoms with Gasteiger partial charge in [-0.2, -0.15) is 0 Å². The minimum atomic E-state index is 0.165. The van der Waals surface area contributed by atoms with Crippen LogP contribution in [0.25, 0.3) is 0 Å². The van der Waals surface area contributed by atoms with Crippen LogP contribution in [0.15, 0.2) is 29.8 Å². The average Bonchev–Trinajstić information content (AvgIpc) is 3.04. The summed E-state index contributed by atoms with van der Waals surface area (Å²) in [7, 11) is 3.37. The summed E-state index contributed by atoms with van der Waals surface area (Å²) < 4.78 is 11.0. The lowest BCUT2D eigenvalue weighted by Gasteiger charge is -2.40. The van der Waals surface area contributed by atoms with E-state index in [1.54, 1.807) is 20.3 Å². The van der Waals surface area contributed by atoms with Crippen molar-refractivity contribution in [2.75, 3.05) is 40.4 Å². The summed E-state index contributed by atoms with van der Waals surface area (Å²) in [4.78, 5) is 17.0. The van der Waals surface area contributed by atoms with Gasteiger partial charge in [0.2, 0.25) is 5.91 Å². The lowest BCUT2D eigenvalue weighted by atomic mass is 9.79. The summed E-state index contributed by atoms with van der Waals surface area (Å²) in [6.45, 7) is 8.68. The molecule has 1 atom stereocenters. The number of carbonyl (C=O) groups excluding carboxylic acids is 1. The van der Waals surface area contributed by atoms with E-state index >= 15 is 0 Å². The van der Waals surface area contributed by atoms with E-state index in [4.69, 9.17) is 9.47 Å². The predicted molar refractivity (Wildman–Crippen MR) is 107 cm³/mol. The first-order chi connectivity index (χ1) is 13.0. The molecule has 0 aromatic heterocycles. The highest BCUT2D eigenvalue weighted by Gasteiger charge is 2.42. The zero-order valence-electron chi connectivity index (χ0n) is 17.1. The van der Waals surface area contributed by atoms with Gasteiger partial charge in [-0.3, -0.25) is 9.69 Å². The van der Waals surface area contributed by atoms with Crippen LogP contribution in [0.5, 0.6) is 11.5 Å². The maximum Gasteiger partial charge on any atom is 0.246 e. The van der Waals surface area contributed by atoms with Gasteiger partial charge in [0.25, 0.3) is 0 Å². The Morgan fingerprint density at radius 2 is 1.96 bits per heavy atom. The second-order valence-corrected chi connectivity index (χ2v) is 8.20. The van der Waals surface area contributed by atoms with Crippen LogP contribution in [0.2, 0.25) is 0 Å². The molecule has 1 spiro atoms. The first-order valence-electron chi connectivity index (χ1n) is 9.82. The largest absolute Gasteiger partial charge is 0.493 e. The molecule has 1 aromatic rings. The van der Waals surface area contributed by atoms with E-state index in [9.17, 15) is 4.79 Å². The Morgan fingerprint density at radius 1 is 1.15 bits per heavy atom. The van der Waals surface area contributed by atoms with Crippen LogP contribution in [0.3, 0.4) is 0 Å². The molecule has 5 nitrogen and oxygen atoms in total. The maximum absolute atomic E-state index is 12.4. The number of methoxy groups -OCH3 is 2. The second kappa shape index (κ2) is 8.34. The first kappa shape index (κ1) is 19.7. The molecule has 0 saturated carbocycles. The quantitative estimate of drug-likeness (QED) is 0.742. The summed E-state index contributed by atoms with van der Waals surface area (Å²) in [6, 6.07) is 6.07. The van der Waals surface area contributed by atoms with Crippen LogP contribution >= 0.6 is 0 Å². The summed E-state index contributed by atoms with van der Waals surface area (Å²) in [5.41, 5.74) is 2.45. The molecule has 2 aliphatic heterocycles. The minimum Gasteiger partial charge on any atom is -0.493 e. The van der Waals surface area contributed by atoms with E-state index in [-0.39, 0.29) is 11.3 Å². The molecule has 1 unspecified atom stereocenters. The van der Waals surface area contributed by atoms with Gasteiger partial charge in [0.15, 0.2) is 11.5 Å². The van der Waals surface area contributed by atoms with E-state index in [1.165, 1.54) is 12.8 Å². The van der Waals surface area contributed by atoms with Crippen molar-refractivity contribution >= 4 is 5.91 Å². The van der Waals surface area contributed by atoms with Gasteiger partial charge < -0.3 is 14.4 Å². The van der Waals surface area contributed by atoms with Crippen LogP contribution in [0.4, 0.5) is 0 Å². The van der Waals surface area contributed by atoms with E-state index in [0.717, 1.165) is 61.8 Å². The van der Waals surface area contributed by atoms with E-state index in [0.29, 0.717) is 0 Å². The van der Waals surface area contributed by atoms with Crippen molar-refractivity contribution in [1.82, 2.24) is 9.80 Å². The molecule has 2 saturated heterocycles. The van der Waals surface area contributed by atoms with Crippen LogP contribution in [-0.4, -0.2) is 56.1 Å². The smallest absolute Gasteiger partial charge is 0.246 e. The SMILES string of the molecule is COc1cccc(CN2CCCC3(CCN(C(=O)C=C(C)C)C3)C2)c1OC. The Morgan fingerprint density at radius 3 is 2.67 bits per heavy atom. The molecule has 0 radical (unpaired) electrons. The van der Waals surface area contributed by atoms with Gasteiger partial charge in [0.05, 0.1) is 14.2 Å². The van der Waals surface area contributed by atoms with Gasteiger partial charge in [-0.1, -0.05) is 17.7 Å². The topological polar surface area (TPSA) is 42.0 Å². The number of nitrogens with zero attached hydrogens (tertiary/aromatic N) is 2. The number of rotatable bonds is 5. The number of hydrogen-bond acceptors (Lipinski definition) is 4. The molecule has 1 amide bonds. The summed E-state index contributed by atoms with van der Waals surface area (Å²) in [5, 5.41) is 0. The minimum absolute atomic E-state index is 0.165. The Bertz CT molecular complexity index is 712. The Balaban J connectivity index is 1.69. The average molecular weight is 373 g/mol. The molecule has 148 valence electrons. The van der Waals surface area contributed by atoms with E-state index < -0.39 is 0 Å². The van der Waals surface area contributed by atoms with Crippen LogP contribution < -0.4 is 9.47 Å². The fourth-order valence-electron chi connectivity index (χ4n) is 4.56. The molecule has 2 fully saturated rings. The zero-order valence-corrected chi connectivity index (χ0v) is 17.1. The molecule has 0 N–H and O–H groups in total. The first-order valence-corrected chi connectivity index (χ1v) is 9.82. The zero-order chi connectivity index (χ0) is 19.4. The number of allylic oxidation sites excluding steroid dienone is 1. The van der Waals surface area contributed by atoms with E-state index in [2.05, 4.69) is 11.0 Å². The fourth-order valence-corrected chi connectivity index (χ4v) is 4.56. The number of piperidine rings is 1. The van der Waals surface area contributed by atoms with Gasteiger partial charge in [0.1, 0.15) is 0 Å². The van der Waals surface area contributed by atoms with E-state index in [1.807, 2.05) is 30.9 Å². The van der Waals surface area contributed by atoms with Crippen molar-refractivity contribution in [3.05, 3.63) is 35.4 Å². The number of hydrogen-bond donors (Lipinski definition) is 0. The van der Waals surface area contributed by atoms with Crippen molar-refractivity contribution in [1.29, 1.82) is 0 Å². The van der Waals surface area contributed by atoms with Crippen molar-refractivity contribution in [3.63, 3.8) is 0 Å². The van der Waals surface area contributed by atoms with Gasteiger partial charge >= 0.3 is 0 Å². The van der Waals surface area contributed by atoms with Crippen molar-refractivity contribution < 1.29 is 14.3 Å². The highest BCUT2D eigenvalue weighted by Crippen LogP contribution is 2.40. The second-order valence-electron chi connectivity index (χ2n) is 8.20. The number of carbonyl (C=O) groups is 1. The third kappa shape index (κ3) is 4.46. The maximum atomic E-state index is 12.4. The molecule has 3 rings (SSSR count). The van der Waals surface area contributed by atoms with Gasteiger partial charge in [-0.15, -0.1) is 0 Å². The standard InChI is InChI=1S/C22H32N2O3/c1-17(2)13-20(25)24-12-10-22(16-24)9-6-11-23(15-22)14-18-7-5-8-19(26-3)21(18)27-4/h5,7-8,13H,6,9-12,14-16H2,1-4H3. The predicted octanol–water partition coefficient (Wildman–Crippen LogP) is 3.48. The van der Waals surface area contributed by atoms with Gasteiger partial charge in [-0.25, -0.2) is 0 Å². The molecule has 2 aliphatic rings. The molecular formula is C22H32N2O3. The summed E-state index contributed by atoms with van der Waals surface area (Å²) in [5.74, 6) is 1.77. The number of amides is 1. The molecule has 27 heavy (non-hydrogen) atoms. The van der Waals surface area contributed by atoms with Crippen molar-refractivity contribution in [3.8, 4) is 11.5 Å².